The van der Waals surface area contributed by atoms with E-state index in [1.165, 1.54) is 41.3 Å². The van der Waals surface area contributed by atoms with E-state index in [9.17, 15) is 18.8 Å². The van der Waals surface area contributed by atoms with Crippen LogP contribution >= 0.6 is 39.7 Å². The molecular weight excluding hydrogens is 573 g/mol. The summed E-state index contributed by atoms with van der Waals surface area (Å²) in [6, 6.07) is 17.2. The molecule has 3 aromatic rings. The van der Waals surface area contributed by atoms with Gasteiger partial charge in [0.25, 0.3) is 17.7 Å². The van der Waals surface area contributed by atoms with Crippen LogP contribution in [0.4, 0.5) is 15.8 Å². The van der Waals surface area contributed by atoms with Gasteiger partial charge in [-0.2, -0.15) is 0 Å². The summed E-state index contributed by atoms with van der Waals surface area (Å²) in [6.45, 7) is -0.408. The normalized spacial score (nSPS) is 14.6. The van der Waals surface area contributed by atoms with E-state index in [4.69, 9.17) is 28.6 Å². The number of nitrogens with zero attached hydrogens (tertiary/aromatic N) is 1. The highest BCUT2D eigenvalue weighted by Crippen LogP contribution is 2.28. The van der Waals surface area contributed by atoms with E-state index in [1.54, 1.807) is 36.4 Å². The van der Waals surface area contributed by atoms with E-state index >= 15 is 0 Å². The molecule has 7 nitrogen and oxygen atoms in total. The Bertz CT molecular complexity index is 1430. The number of halogens is 3. The molecule has 0 aliphatic carbocycles. The van der Waals surface area contributed by atoms with Gasteiger partial charge in [-0.05, 0) is 66.3 Å². The van der Waals surface area contributed by atoms with Crippen LogP contribution in [0.2, 0.25) is 5.02 Å². The van der Waals surface area contributed by atoms with Crippen molar-refractivity contribution in [2.75, 3.05) is 16.8 Å². The Morgan fingerprint density at radius 1 is 1.14 bits per heavy atom. The number of para-hydroxylation sites is 1. The molecule has 0 atom stereocenters. The minimum Gasteiger partial charge on any atom is -0.482 e. The SMILES string of the molecule is O=C(COc1ccc(/C=C2\C(=O)NC(=S)N(c3cccc(Br)c3)C2=O)cc1Cl)Nc1ccccc1F. The molecule has 1 saturated heterocycles. The molecule has 1 fully saturated rings. The lowest BCUT2D eigenvalue weighted by Crippen LogP contribution is -2.54. The van der Waals surface area contributed by atoms with Crippen LogP contribution in [0.3, 0.4) is 0 Å². The first-order chi connectivity index (χ1) is 17.2. The van der Waals surface area contributed by atoms with Crippen molar-refractivity contribution in [2.45, 2.75) is 0 Å². The van der Waals surface area contributed by atoms with Crippen LogP contribution in [0, 0.1) is 5.82 Å². The summed E-state index contributed by atoms with van der Waals surface area (Å²) >= 11 is 14.8. The summed E-state index contributed by atoms with van der Waals surface area (Å²) in [4.78, 5) is 39.0. The van der Waals surface area contributed by atoms with E-state index in [0.29, 0.717) is 11.3 Å². The third kappa shape index (κ3) is 5.78. The van der Waals surface area contributed by atoms with Gasteiger partial charge in [-0.1, -0.05) is 51.8 Å². The number of rotatable bonds is 6. The second kappa shape index (κ2) is 11.0. The van der Waals surface area contributed by atoms with Crippen molar-refractivity contribution in [2.24, 2.45) is 0 Å². The van der Waals surface area contributed by atoms with Gasteiger partial charge in [0, 0.05) is 4.47 Å². The number of benzene rings is 3. The molecule has 36 heavy (non-hydrogen) atoms. The average molecular weight is 589 g/mol. The molecule has 182 valence electrons. The van der Waals surface area contributed by atoms with Gasteiger partial charge in [-0.25, -0.2) is 4.39 Å². The van der Waals surface area contributed by atoms with Crippen LogP contribution in [0.1, 0.15) is 5.56 Å². The quantitative estimate of drug-likeness (QED) is 0.238. The van der Waals surface area contributed by atoms with Gasteiger partial charge in [-0.15, -0.1) is 0 Å². The fourth-order valence-corrected chi connectivity index (χ4v) is 4.20. The zero-order valence-corrected chi connectivity index (χ0v) is 21.4. The van der Waals surface area contributed by atoms with Gasteiger partial charge >= 0.3 is 0 Å². The van der Waals surface area contributed by atoms with Gasteiger partial charge in [0.15, 0.2) is 11.7 Å². The van der Waals surface area contributed by atoms with Crippen molar-refractivity contribution in [3.05, 3.63) is 93.2 Å². The number of anilines is 2. The third-order valence-corrected chi connectivity index (χ3v) is 6.01. The molecule has 4 rings (SSSR count). The van der Waals surface area contributed by atoms with Gasteiger partial charge in [0.1, 0.15) is 17.1 Å². The Labute approximate surface area is 224 Å². The van der Waals surface area contributed by atoms with Crippen molar-refractivity contribution in [1.29, 1.82) is 0 Å². The fourth-order valence-electron chi connectivity index (χ4n) is 3.29. The summed E-state index contributed by atoms with van der Waals surface area (Å²) in [5.74, 6) is -2.18. The smallest absolute Gasteiger partial charge is 0.270 e. The van der Waals surface area contributed by atoms with Crippen LogP contribution < -0.4 is 20.3 Å². The molecule has 1 aliphatic rings. The Morgan fingerprint density at radius 3 is 2.64 bits per heavy atom. The molecule has 0 aromatic heterocycles. The topological polar surface area (TPSA) is 87.7 Å². The molecule has 0 radical (unpaired) electrons. The number of ether oxygens (including phenoxy) is 1. The van der Waals surface area contributed by atoms with Crippen molar-refractivity contribution >= 4 is 80.0 Å². The lowest BCUT2D eigenvalue weighted by molar-refractivity contribution is -0.122. The second-order valence-electron chi connectivity index (χ2n) is 7.44. The molecule has 0 bridgehead atoms. The van der Waals surface area contributed by atoms with Crippen LogP contribution in [0.25, 0.3) is 6.08 Å². The molecule has 0 saturated carbocycles. The Balaban J connectivity index is 1.48. The summed E-state index contributed by atoms with van der Waals surface area (Å²) < 4.78 is 19.9. The highest BCUT2D eigenvalue weighted by molar-refractivity contribution is 9.10. The van der Waals surface area contributed by atoms with Crippen molar-refractivity contribution in [3.63, 3.8) is 0 Å². The number of thiocarbonyl (C=S) groups is 1. The van der Waals surface area contributed by atoms with Gasteiger partial charge in [0.2, 0.25) is 0 Å². The number of hydrogen-bond donors (Lipinski definition) is 2. The van der Waals surface area contributed by atoms with Gasteiger partial charge in [-0.3, -0.25) is 24.6 Å². The van der Waals surface area contributed by atoms with E-state index < -0.39 is 30.1 Å². The average Bonchev–Trinajstić information content (AvgIpc) is 2.82. The minimum absolute atomic E-state index is 0.0318. The van der Waals surface area contributed by atoms with E-state index in [-0.39, 0.29) is 27.1 Å². The summed E-state index contributed by atoms with van der Waals surface area (Å²) in [5.41, 5.74) is 0.827. The number of amides is 3. The zero-order chi connectivity index (χ0) is 25.8. The maximum Gasteiger partial charge on any atom is 0.270 e. The summed E-state index contributed by atoms with van der Waals surface area (Å²) in [6.07, 6.45) is 1.38. The molecule has 2 N–H and O–H groups in total. The Hall–Kier alpha value is -3.60. The predicted molar refractivity (Wildman–Crippen MR) is 142 cm³/mol. The molecule has 0 spiro atoms. The molecule has 1 heterocycles. The van der Waals surface area contributed by atoms with Crippen molar-refractivity contribution < 1.29 is 23.5 Å². The minimum atomic E-state index is -0.641. The van der Waals surface area contributed by atoms with E-state index in [0.717, 1.165) is 4.47 Å². The highest BCUT2D eigenvalue weighted by atomic mass is 79.9. The monoisotopic (exact) mass is 587 g/mol. The Morgan fingerprint density at radius 2 is 1.92 bits per heavy atom. The molecule has 11 heteroatoms. The van der Waals surface area contributed by atoms with E-state index in [2.05, 4.69) is 26.6 Å². The van der Waals surface area contributed by atoms with Gasteiger partial charge in [0.05, 0.1) is 16.4 Å². The Kier molecular flexibility index (Phi) is 7.78. The van der Waals surface area contributed by atoms with Crippen molar-refractivity contribution in [1.82, 2.24) is 5.32 Å². The predicted octanol–water partition coefficient (Wildman–Crippen LogP) is 5.09. The van der Waals surface area contributed by atoms with Crippen molar-refractivity contribution in [3.8, 4) is 5.75 Å². The number of nitrogens with one attached hydrogen (secondary N) is 2. The van der Waals surface area contributed by atoms with Gasteiger partial charge < -0.3 is 10.1 Å². The maximum absolute atomic E-state index is 13.7. The van der Waals surface area contributed by atoms with E-state index in [1.807, 2.05) is 0 Å². The first-order valence-electron chi connectivity index (χ1n) is 10.4. The largest absolute Gasteiger partial charge is 0.482 e. The molecule has 3 aromatic carbocycles. The standard InChI is InChI=1S/C25H16BrClFN3O4S/c26-15-4-3-5-16(12-15)31-24(34)17(23(33)30-25(31)36)10-14-8-9-21(18(27)11-14)35-13-22(32)29-20-7-2-1-6-19(20)28/h1-12H,13H2,(H,29,32)(H,30,33,36)/b17-10+. The van der Waals surface area contributed by atoms with Crippen LogP contribution in [0.15, 0.2) is 76.8 Å². The first-order valence-corrected chi connectivity index (χ1v) is 11.9. The summed E-state index contributed by atoms with van der Waals surface area (Å²) in [7, 11) is 0. The lowest BCUT2D eigenvalue weighted by atomic mass is 10.1. The van der Waals surface area contributed by atoms with Crippen LogP contribution in [0.5, 0.6) is 5.75 Å². The number of carbonyl (C=O) groups is 3. The third-order valence-electron chi connectivity index (χ3n) is 4.94. The van der Waals surface area contributed by atoms with Crippen LogP contribution in [-0.2, 0) is 14.4 Å². The first kappa shape index (κ1) is 25.5. The second-order valence-corrected chi connectivity index (χ2v) is 9.15. The highest BCUT2D eigenvalue weighted by Gasteiger charge is 2.34. The number of carbonyl (C=O) groups excluding carboxylic acids is 3. The summed E-state index contributed by atoms with van der Waals surface area (Å²) in [5, 5.41) is 5.04. The molecule has 0 unspecified atom stereocenters. The maximum atomic E-state index is 13.7. The zero-order valence-electron chi connectivity index (χ0n) is 18.3. The molecular formula is C25H16BrClFN3O4S. The molecule has 3 amide bonds. The molecule has 1 aliphatic heterocycles. The lowest BCUT2D eigenvalue weighted by Gasteiger charge is -2.29. The fraction of sp³-hybridized carbons (Fsp3) is 0.0400. The van der Waals surface area contributed by atoms with Crippen LogP contribution in [-0.4, -0.2) is 29.4 Å². The number of hydrogen-bond acceptors (Lipinski definition) is 5.